The fourth-order valence-electron chi connectivity index (χ4n) is 0.864. The third-order valence-corrected chi connectivity index (χ3v) is 1.28. The number of hydrogen-bond acceptors (Lipinski definition) is 2. The Morgan fingerprint density at radius 1 is 1.44 bits per heavy atom. The van der Waals surface area contributed by atoms with Gasteiger partial charge in [-0.25, -0.2) is 0 Å². The van der Waals surface area contributed by atoms with E-state index in [1.54, 1.807) is 6.92 Å². The Kier molecular flexibility index (Phi) is 3.15. The predicted molar refractivity (Wildman–Crippen MR) is 37.2 cm³/mol. The zero-order valence-corrected chi connectivity index (χ0v) is 6.39. The second kappa shape index (κ2) is 3.18. The van der Waals surface area contributed by atoms with Crippen LogP contribution in [-0.4, -0.2) is 22.9 Å². The van der Waals surface area contributed by atoms with Crippen LogP contribution in [0.1, 0.15) is 27.2 Å². The second-order valence-electron chi connectivity index (χ2n) is 3.38. The van der Waals surface area contributed by atoms with Crippen molar-refractivity contribution in [3.05, 3.63) is 0 Å². The lowest BCUT2D eigenvalue weighted by molar-refractivity contribution is 0.0824. The van der Waals surface area contributed by atoms with Crippen LogP contribution >= 0.6 is 0 Å². The van der Waals surface area contributed by atoms with Crippen LogP contribution in [0.3, 0.4) is 0 Å². The van der Waals surface area contributed by atoms with Crippen molar-refractivity contribution in [3.63, 3.8) is 0 Å². The molecule has 0 heterocycles. The summed E-state index contributed by atoms with van der Waals surface area (Å²) in [6.07, 6.45) is 0.343. The number of aliphatic hydroxyl groups is 2. The normalized spacial score (nSPS) is 15.7. The monoisotopic (exact) mass is 132 g/mol. The molecule has 0 aliphatic rings. The van der Waals surface area contributed by atoms with E-state index in [0.29, 0.717) is 6.42 Å². The molecule has 0 aromatic rings. The Morgan fingerprint density at radius 2 is 1.89 bits per heavy atom. The first-order valence-electron chi connectivity index (χ1n) is 3.27. The van der Waals surface area contributed by atoms with Gasteiger partial charge in [0.15, 0.2) is 0 Å². The van der Waals surface area contributed by atoms with Crippen molar-refractivity contribution in [1.82, 2.24) is 0 Å². The van der Waals surface area contributed by atoms with Gasteiger partial charge in [0, 0.05) is 6.61 Å². The minimum atomic E-state index is -0.313. The van der Waals surface area contributed by atoms with Gasteiger partial charge >= 0.3 is 0 Å². The number of aliphatic hydroxyl groups excluding tert-OH is 2. The lowest BCUT2D eigenvalue weighted by Gasteiger charge is -2.22. The van der Waals surface area contributed by atoms with E-state index in [-0.39, 0.29) is 18.1 Å². The molecule has 2 heteroatoms. The van der Waals surface area contributed by atoms with Crippen LogP contribution in [0.4, 0.5) is 0 Å². The highest BCUT2D eigenvalue weighted by atomic mass is 16.3. The molecule has 0 fully saturated rings. The smallest absolute Gasteiger partial charge is 0.0518 e. The minimum Gasteiger partial charge on any atom is -0.396 e. The first-order chi connectivity index (χ1) is 3.98. The largest absolute Gasteiger partial charge is 0.396 e. The summed E-state index contributed by atoms with van der Waals surface area (Å²) in [7, 11) is 0. The van der Waals surface area contributed by atoms with E-state index in [1.165, 1.54) is 0 Å². The molecule has 0 amide bonds. The molecule has 0 radical (unpaired) electrons. The van der Waals surface area contributed by atoms with Gasteiger partial charge in [-0.15, -0.1) is 0 Å². The van der Waals surface area contributed by atoms with E-state index in [9.17, 15) is 0 Å². The summed E-state index contributed by atoms with van der Waals surface area (Å²) in [5.41, 5.74) is -0.131. The zero-order chi connectivity index (χ0) is 7.49. The van der Waals surface area contributed by atoms with Crippen molar-refractivity contribution in [3.8, 4) is 0 Å². The molecule has 0 saturated carbocycles. The van der Waals surface area contributed by atoms with E-state index < -0.39 is 0 Å². The highest BCUT2D eigenvalue weighted by molar-refractivity contribution is 4.69. The molecule has 0 bridgehead atoms. The Hall–Kier alpha value is -0.0800. The molecule has 1 atom stereocenters. The lowest BCUT2D eigenvalue weighted by Crippen LogP contribution is -2.22. The quantitative estimate of drug-likeness (QED) is 0.595. The van der Waals surface area contributed by atoms with E-state index in [2.05, 4.69) is 0 Å². The Morgan fingerprint density at radius 3 is 2.00 bits per heavy atom. The molecular formula is C7H16O2. The summed E-state index contributed by atoms with van der Waals surface area (Å²) >= 11 is 0. The minimum absolute atomic E-state index is 0.131. The molecule has 9 heavy (non-hydrogen) atoms. The maximum atomic E-state index is 8.91. The molecule has 2 N–H and O–H groups in total. The third-order valence-electron chi connectivity index (χ3n) is 1.28. The molecule has 0 aromatic heterocycles. The van der Waals surface area contributed by atoms with E-state index >= 15 is 0 Å². The van der Waals surface area contributed by atoms with Crippen LogP contribution in [0, 0.1) is 5.41 Å². The predicted octanol–water partition coefficient (Wildman–Crippen LogP) is 0.776. The lowest BCUT2D eigenvalue weighted by atomic mass is 9.88. The fourth-order valence-corrected chi connectivity index (χ4v) is 0.864. The van der Waals surface area contributed by atoms with Gasteiger partial charge in [0.05, 0.1) is 6.10 Å². The van der Waals surface area contributed by atoms with Crippen LogP contribution in [0.5, 0.6) is 0 Å². The topological polar surface area (TPSA) is 40.5 Å². The van der Waals surface area contributed by atoms with Crippen LogP contribution in [-0.2, 0) is 0 Å². The highest BCUT2D eigenvalue weighted by Crippen LogP contribution is 2.20. The van der Waals surface area contributed by atoms with Gasteiger partial charge in [0.1, 0.15) is 0 Å². The molecule has 0 saturated heterocycles. The van der Waals surface area contributed by atoms with Crippen LogP contribution in [0.25, 0.3) is 0 Å². The van der Waals surface area contributed by atoms with E-state index in [1.807, 2.05) is 13.8 Å². The Balaban J connectivity index is 3.58. The van der Waals surface area contributed by atoms with Crippen molar-refractivity contribution in [1.29, 1.82) is 0 Å². The summed E-state index contributed by atoms with van der Waals surface area (Å²) in [6, 6.07) is 0. The maximum absolute atomic E-state index is 8.91. The molecule has 0 aliphatic heterocycles. The van der Waals surface area contributed by atoms with Crippen LogP contribution in [0.15, 0.2) is 0 Å². The summed E-state index contributed by atoms with van der Waals surface area (Å²) < 4.78 is 0. The SMILES string of the molecule is C[C@H](O)CC(C)(C)CO. The van der Waals surface area contributed by atoms with Gasteiger partial charge < -0.3 is 10.2 Å². The standard InChI is InChI=1S/C7H16O2/c1-6(9)4-7(2,3)5-8/h6,8-9H,4-5H2,1-3H3/t6-/m0/s1. The van der Waals surface area contributed by atoms with Gasteiger partial charge in [-0.3, -0.25) is 0 Å². The van der Waals surface area contributed by atoms with Crippen molar-refractivity contribution in [2.45, 2.75) is 33.3 Å². The summed E-state index contributed by atoms with van der Waals surface area (Å²) in [4.78, 5) is 0. The van der Waals surface area contributed by atoms with Crippen molar-refractivity contribution < 1.29 is 10.2 Å². The van der Waals surface area contributed by atoms with Gasteiger partial charge in [-0.2, -0.15) is 0 Å². The highest BCUT2D eigenvalue weighted by Gasteiger charge is 2.18. The fraction of sp³-hybridized carbons (Fsp3) is 1.00. The van der Waals surface area contributed by atoms with E-state index in [4.69, 9.17) is 10.2 Å². The molecule has 56 valence electrons. The van der Waals surface area contributed by atoms with Crippen LogP contribution in [0.2, 0.25) is 0 Å². The zero-order valence-electron chi connectivity index (χ0n) is 6.39. The molecule has 2 nitrogen and oxygen atoms in total. The van der Waals surface area contributed by atoms with Crippen molar-refractivity contribution in [2.75, 3.05) is 6.61 Å². The number of rotatable bonds is 3. The number of hydrogen-bond donors (Lipinski definition) is 2. The molecule has 0 spiro atoms. The second-order valence-corrected chi connectivity index (χ2v) is 3.38. The first kappa shape index (κ1) is 8.92. The van der Waals surface area contributed by atoms with Gasteiger partial charge in [0.2, 0.25) is 0 Å². The third kappa shape index (κ3) is 4.43. The molecule has 0 rings (SSSR count). The summed E-state index contributed by atoms with van der Waals surface area (Å²) in [6.45, 7) is 5.73. The molecule has 0 aliphatic carbocycles. The summed E-state index contributed by atoms with van der Waals surface area (Å²) in [5, 5.41) is 17.6. The van der Waals surface area contributed by atoms with Crippen molar-refractivity contribution in [2.24, 2.45) is 5.41 Å². The van der Waals surface area contributed by atoms with Gasteiger partial charge in [-0.05, 0) is 18.8 Å². The van der Waals surface area contributed by atoms with Crippen molar-refractivity contribution >= 4 is 0 Å². The Bertz CT molecular complexity index is 77.0. The van der Waals surface area contributed by atoms with Gasteiger partial charge in [-0.1, -0.05) is 13.8 Å². The molecule has 0 aromatic carbocycles. The Labute approximate surface area is 56.5 Å². The van der Waals surface area contributed by atoms with Crippen LogP contribution < -0.4 is 0 Å². The molecular weight excluding hydrogens is 116 g/mol. The first-order valence-corrected chi connectivity index (χ1v) is 3.27. The maximum Gasteiger partial charge on any atom is 0.0518 e. The van der Waals surface area contributed by atoms with E-state index in [0.717, 1.165) is 0 Å². The molecule has 0 unspecified atom stereocenters. The van der Waals surface area contributed by atoms with Gasteiger partial charge in [0.25, 0.3) is 0 Å². The average molecular weight is 132 g/mol. The summed E-state index contributed by atoms with van der Waals surface area (Å²) in [5.74, 6) is 0. The average Bonchev–Trinajstić information content (AvgIpc) is 1.63.